The van der Waals surface area contributed by atoms with E-state index in [1.54, 1.807) is 4.68 Å². The molecule has 2 heterocycles. The lowest BCUT2D eigenvalue weighted by atomic mass is 9.99. The van der Waals surface area contributed by atoms with Gasteiger partial charge in [0.2, 0.25) is 5.91 Å². The minimum absolute atomic E-state index is 0.171. The molecule has 106 valence electrons. The Morgan fingerprint density at radius 2 is 2.26 bits per heavy atom. The summed E-state index contributed by atoms with van der Waals surface area (Å²) in [7, 11) is 0. The maximum Gasteiger partial charge on any atom is 0.244 e. The van der Waals surface area contributed by atoms with Crippen LogP contribution in [0.2, 0.25) is 0 Å². The van der Waals surface area contributed by atoms with Crippen molar-refractivity contribution in [2.24, 2.45) is 5.73 Å². The minimum atomic E-state index is 0.171. The highest BCUT2D eigenvalue weighted by Gasteiger charge is 2.26. The summed E-state index contributed by atoms with van der Waals surface area (Å²) in [5, 5.41) is 4.36. The molecular formula is C14H24N4O. The largest absolute Gasteiger partial charge is 0.338 e. The summed E-state index contributed by atoms with van der Waals surface area (Å²) in [5.74, 6) is 0.171. The molecule has 0 aliphatic carbocycles. The SMILES string of the molecule is Cc1cc(C)n(CC(=O)N2CCCCC2CCN)n1. The van der Waals surface area contributed by atoms with E-state index in [-0.39, 0.29) is 5.91 Å². The Bertz CT molecular complexity index is 439. The van der Waals surface area contributed by atoms with Crippen molar-refractivity contribution in [3.05, 3.63) is 17.5 Å². The van der Waals surface area contributed by atoms with E-state index < -0.39 is 0 Å². The van der Waals surface area contributed by atoms with Crippen LogP contribution in [0.15, 0.2) is 6.07 Å². The van der Waals surface area contributed by atoms with Crippen LogP contribution < -0.4 is 5.73 Å². The van der Waals surface area contributed by atoms with Crippen LogP contribution in [0.4, 0.5) is 0 Å². The molecule has 0 aromatic carbocycles. The molecule has 1 aliphatic heterocycles. The van der Waals surface area contributed by atoms with Gasteiger partial charge in [-0.3, -0.25) is 9.48 Å². The third kappa shape index (κ3) is 3.35. The molecule has 2 N–H and O–H groups in total. The van der Waals surface area contributed by atoms with E-state index in [0.29, 0.717) is 19.1 Å². The summed E-state index contributed by atoms with van der Waals surface area (Å²) in [5.41, 5.74) is 7.65. The van der Waals surface area contributed by atoms with Crippen LogP contribution in [0.1, 0.15) is 37.1 Å². The molecule has 1 saturated heterocycles. The van der Waals surface area contributed by atoms with Crippen molar-refractivity contribution in [3.8, 4) is 0 Å². The van der Waals surface area contributed by atoms with Crippen molar-refractivity contribution >= 4 is 5.91 Å². The zero-order valence-corrected chi connectivity index (χ0v) is 11.9. The number of piperidine rings is 1. The van der Waals surface area contributed by atoms with Crippen LogP contribution in [0.3, 0.4) is 0 Å². The Morgan fingerprint density at radius 1 is 1.47 bits per heavy atom. The van der Waals surface area contributed by atoms with E-state index in [1.807, 2.05) is 24.8 Å². The van der Waals surface area contributed by atoms with Crippen molar-refractivity contribution in [2.45, 2.75) is 52.1 Å². The number of hydrogen-bond acceptors (Lipinski definition) is 3. The average molecular weight is 264 g/mol. The van der Waals surface area contributed by atoms with Gasteiger partial charge in [-0.15, -0.1) is 0 Å². The lowest BCUT2D eigenvalue weighted by Crippen LogP contribution is -2.46. The van der Waals surface area contributed by atoms with Crippen LogP contribution in [0, 0.1) is 13.8 Å². The van der Waals surface area contributed by atoms with Gasteiger partial charge in [0.25, 0.3) is 0 Å². The first kappa shape index (κ1) is 14.1. The van der Waals surface area contributed by atoms with Crippen LogP contribution >= 0.6 is 0 Å². The topological polar surface area (TPSA) is 64.2 Å². The monoisotopic (exact) mass is 264 g/mol. The predicted octanol–water partition coefficient (Wildman–Crippen LogP) is 1.23. The number of rotatable bonds is 4. The van der Waals surface area contributed by atoms with Crippen molar-refractivity contribution in [2.75, 3.05) is 13.1 Å². The number of aromatic nitrogens is 2. The molecule has 0 spiro atoms. The van der Waals surface area contributed by atoms with Crippen molar-refractivity contribution in [1.29, 1.82) is 0 Å². The van der Waals surface area contributed by atoms with Gasteiger partial charge in [0, 0.05) is 18.3 Å². The molecule has 1 unspecified atom stereocenters. The third-order valence-electron chi connectivity index (χ3n) is 3.84. The van der Waals surface area contributed by atoms with E-state index in [0.717, 1.165) is 37.2 Å². The molecule has 1 aromatic rings. The molecule has 1 aromatic heterocycles. The smallest absolute Gasteiger partial charge is 0.244 e. The molecule has 1 fully saturated rings. The molecule has 1 amide bonds. The van der Waals surface area contributed by atoms with Gasteiger partial charge in [-0.2, -0.15) is 5.10 Å². The number of nitrogens with two attached hydrogens (primary N) is 1. The van der Waals surface area contributed by atoms with Crippen LogP contribution in [0.25, 0.3) is 0 Å². The molecule has 0 bridgehead atoms. The lowest BCUT2D eigenvalue weighted by molar-refractivity contribution is -0.135. The van der Waals surface area contributed by atoms with Gasteiger partial charge in [-0.1, -0.05) is 0 Å². The normalized spacial score (nSPS) is 19.7. The molecule has 5 nitrogen and oxygen atoms in total. The van der Waals surface area contributed by atoms with Crippen molar-refractivity contribution in [1.82, 2.24) is 14.7 Å². The van der Waals surface area contributed by atoms with Gasteiger partial charge in [0.05, 0.1) is 5.69 Å². The van der Waals surface area contributed by atoms with Gasteiger partial charge in [0.15, 0.2) is 0 Å². The Balaban J connectivity index is 2.03. The Labute approximate surface area is 114 Å². The second kappa shape index (κ2) is 6.19. The number of carbonyl (C=O) groups is 1. The number of amides is 1. The van der Waals surface area contributed by atoms with Crippen LogP contribution in [-0.4, -0.2) is 39.7 Å². The first-order chi connectivity index (χ1) is 9.11. The predicted molar refractivity (Wildman–Crippen MR) is 74.7 cm³/mol. The zero-order chi connectivity index (χ0) is 13.8. The number of aryl methyl sites for hydroxylation is 2. The summed E-state index contributed by atoms with van der Waals surface area (Å²) in [6.45, 7) is 5.80. The maximum atomic E-state index is 12.4. The molecule has 0 radical (unpaired) electrons. The first-order valence-electron chi connectivity index (χ1n) is 7.12. The second-order valence-electron chi connectivity index (χ2n) is 5.40. The lowest BCUT2D eigenvalue weighted by Gasteiger charge is -2.35. The Kier molecular flexibility index (Phi) is 4.58. The fraction of sp³-hybridized carbons (Fsp3) is 0.714. The highest BCUT2D eigenvalue weighted by Crippen LogP contribution is 2.20. The van der Waals surface area contributed by atoms with E-state index in [1.165, 1.54) is 6.42 Å². The van der Waals surface area contributed by atoms with Gasteiger partial charge in [-0.05, 0) is 52.1 Å². The third-order valence-corrected chi connectivity index (χ3v) is 3.84. The van der Waals surface area contributed by atoms with E-state index in [4.69, 9.17) is 5.73 Å². The van der Waals surface area contributed by atoms with Crippen molar-refractivity contribution in [3.63, 3.8) is 0 Å². The van der Waals surface area contributed by atoms with Crippen molar-refractivity contribution < 1.29 is 4.79 Å². The highest BCUT2D eigenvalue weighted by molar-refractivity contribution is 5.76. The van der Waals surface area contributed by atoms with Gasteiger partial charge < -0.3 is 10.6 Å². The van der Waals surface area contributed by atoms with E-state index in [9.17, 15) is 4.79 Å². The standard InChI is InChI=1S/C14H24N4O/c1-11-9-12(2)18(16-11)10-14(19)17-8-4-3-5-13(17)6-7-15/h9,13H,3-8,10,15H2,1-2H3. The van der Waals surface area contributed by atoms with Gasteiger partial charge in [-0.25, -0.2) is 0 Å². The van der Waals surface area contributed by atoms with Gasteiger partial charge in [0.1, 0.15) is 6.54 Å². The quantitative estimate of drug-likeness (QED) is 0.889. The number of hydrogen-bond donors (Lipinski definition) is 1. The molecular weight excluding hydrogens is 240 g/mol. The number of carbonyl (C=O) groups excluding carboxylic acids is 1. The highest BCUT2D eigenvalue weighted by atomic mass is 16.2. The van der Waals surface area contributed by atoms with E-state index in [2.05, 4.69) is 5.10 Å². The molecule has 5 heteroatoms. The summed E-state index contributed by atoms with van der Waals surface area (Å²) in [4.78, 5) is 14.4. The Morgan fingerprint density at radius 3 is 2.89 bits per heavy atom. The molecule has 0 saturated carbocycles. The summed E-state index contributed by atoms with van der Waals surface area (Å²) < 4.78 is 1.80. The minimum Gasteiger partial charge on any atom is -0.338 e. The first-order valence-corrected chi connectivity index (χ1v) is 7.12. The molecule has 19 heavy (non-hydrogen) atoms. The fourth-order valence-electron chi connectivity index (χ4n) is 2.88. The molecule has 2 rings (SSSR count). The molecule has 1 atom stereocenters. The average Bonchev–Trinajstić information content (AvgIpc) is 2.69. The van der Waals surface area contributed by atoms with E-state index >= 15 is 0 Å². The van der Waals surface area contributed by atoms with Gasteiger partial charge >= 0.3 is 0 Å². The summed E-state index contributed by atoms with van der Waals surface area (Å²) >= 11 is 0. The number of likely N-dealkylation sites (tertiary alicyclic amines) is 1. The van der Waals surface area contributed by atoms with Crippen LogP contribution in [-0.2, 0) is 11.3 Å². The summed E-state index contributed by atoms with van der Waals surface area (Å²) in [6.07, 6.45) is 4.29. The van der Waals surface area contributed by atoms with Crippen LogP contribution in [0.5, 0.6) is 0 Å². The Hall–Kier alpha value is -1.36. The number of nitrogens with zero attached hydrogens (tertiary/aromatic N) is 3. The fourth-order valence-corrected chi connectivity index (χ4v) is 2.88. The summed E-state index contributed by atoms with van der Waals surface area (Å²) in [6, 6.07) is 2.32. The zero-order valence-electron chi connectivity index (χ0n) is 11.9. The second-order valence-corrected chi connectivity index (χ2v) is 5.40. The maximum absolute atomic E-state index is 12.4. The molecule has 1 aliphatic rings.